The molecule has 0 radical (unpaired) electrons. The maximum absolute atomic E-state index is 5.67. The van der Waals surface area contributed by atoms with Gasteiger partial charge >= 0.3 is 0 Å². The Balaban J connectivity index is 3.37. The standard InChI is InChI=1S/C9H22O2Si/c1-5-7-8(3)12-11-9(6-2)10-4/h8-9H,5-7,12H2,1-4H3. The highest BCUT2D eigenvalue weighted by molar-refractivity contribution is 6.29. The summed E-state index contributed by atoms with van der Waals surface area (Å²) in [6.45, 7) is 6.59. The topological polar surface area (TPSA) is 18.5 Å². The average molecular weight is 190 g/mol. The second kappa shape index (κ2) is 7.77. The van der Waals surface area contributed by atoms with Crippen LogP contribution in [0.3, 0.4) is 0 Å². The van der Waals surface area contributed by atoms with Crippen LogP contribution < -0.4 is 0 Å². The van der Waals surface area contributed by atoms with Crippen LogP contribution in [0.5, 0.6) is 0 Å². The van der Waals surface area contributed by atoms with Crippen molar-refractivity contribution >= 4 is 9.76 Å². The zero-order chi connectivity index (χ0) is 9.40. The summed E-state index contributed by atoms with van der Waals surface area (Å²) in [5.74, 6) is 0. The predicted molar refractivity (Wildman–Crippen MR) is 55.0 cm³/mol. The van der Waals surface area contributed by atoms with E-state index in [1.54, 1.807) is 7.11 Å². The molecular weight excluding hydrogens is 168 g/mol. The van der Waals surface area contributed by atoms with E-state index in [0.29, 0.717) is 0 Å². The summed E-state index contributed by atoms with van der Waals surface area (Å²) in [7, 11) is 1.35. The predicted octanol–water partition coefficient (Wildman–Crippen LogP) is 2.08. The molecular formula is C9H22O2Si. The van der Waals surface area contributed by atoms with Crippen LogP contribution in [0.1, 0.15) is 40.0 Å². The summed E-state index contributed by atoms with van der Waals surface area (Å²) >= 11 is 0. The van der Waals surface area contributed by atoms with Crippen LogP contribution in [0.4, 0.5) is 0 Å². The molecule has 0 heterocycles. The molecule has 0 aliphatic rings. The van der Waals surface area contributed by atoms with Gasteiger partial charge in [0.05, 0.1) is 0 Å². The Labute approximate surface area is 78.6 Å². The fraction of sp³-hybridized carbons (Fsp3) is 1.00. The average Bonchev–Trinajstić information content (AvgIpc) is 2.07. The molecule has 0 amide bonds. The van der Waals surface area contributed by atoms with Crippen LogP contribution in [0, 0.1) is 0 Å². The highest BCUT2D eigenvalue weighted by atomic mass is 28.2. The molecule has 0 N–H and O–H groups in total. The van der Waals surface area contributed by atoms with Crippen molar-refractivity contribution < 1.29 is 9.16 Å². The molecule has 2 unspecified atom stereocenters. The maximum Gasteiger partial charge on any atom is 0.167 e. The van der Waals surface area contributed by atoms with Crippen LogP contribution in [0.25, 0.3) is 0 Å². The monoisotopic (exact) mass is 190 g/mol. The number of ether oxygens (including phenoxy) is 1. The summed E-state index contributed by atoms with van der Waals surface area (Å²) in [6, 6.07) is 0. The molecule has 0 fully saturated rings. The lowest BCUT2D eigenvalue weighted by molar-refractivity contribution is -0.0548. The van der Waals surface area contributed by atoms with Gasteiger partial charge in [-0.3, -0.25) is 0 Å². The van der Waals surface area contributed by atoms with E-state index in [2.05, 4.69) is 20.8 Å². The van der Waals surface area contributed by atoms with Gasteiger partial charge in [-0.2, -0.15) is 0 Å². The SMILES string of the molecule is CCCC(C)[SiH2]OC(CC)OC. The van der Waals surface area contributed by atoms with Crippen molar-refractivity contribution in [2.75, 3.05) is 7.11 Å². The van der Waals surface area contributed by atoms with E-state index < -0.39 is 0 Å². The van der Waals surface area contributed by atoms with Gasteiger partial charge in [0.25, 0.3) is 0 Å². The lowest BCUT2D eigenvalue weighted by Gasteiger charge is -2.17. The third-order valence-corrected chi connectivity index (χ3v) is 3.49. The lowest BCUT2D eigenvalue weighted by Crippen LogP contribution is -2.18. The van der Waals surface area contributed by atoms with Gasteiger partial charge in [-0.15, -0.1) is 0 Å². The van der Waals surface area contributed by atoms with E-state index >= 15 is 0 Å². The van der Waals surface area contributed by atoms with E-state index in [-0.39, 0.29) is 16.1 Å². The van der Waals surface area contributed by atoms with Crippen LogP contribution in [-0.4, -0.2) is 23.2 Å². The van der Waals surface area contributed by atoms with E-state index in [0.717, 1.165) is 12.0 Å². The summed E-state index contributed by atoms with van der Waals surface area (Å²) in [5, 5.41) is 0. The molecule has 0 aliphatic heterocycles. The Bertz CT molecular complexity index is 94.5. The fourth-order valence-corrected chi connectivity index (χ4v) is 2.69. The maximum atomic E-state index is 5.67. The number of hydrogen-bond acceptors (Lipinski definition) is 2. The Morgan fingerprint density at radius 1 is 1.33 bits per heavy atom. The first kappa shape index (κ1) is 12.1. The third kappa shape index (κ3) is 5.74. The van der Waals surface area contributed by atoms with Crippen molar-refractivity contribution in [2.45, 2.75) is 51.9 Å². The fourth-order valence-electron chi connectivity index (χ4n) is 1.20. The Morgan fingerprint density at radius 3 is 2.42 bits per heavy atom. The van der Waals surface area contributed by atoms with Gasteiger partial charge in [0.15, 0.2) is 9.76 Å². The molecule has 0 aliphatic carbocycles. The van der Waals surface area contributed by atoms with Gasteiger partial charge in [0, 0.05) is 7.11 Å². The Kier molecular flexibility index (Phi) is 7.86. The molecule has 0 aromatic carbocycles. The van der Waals surface area contributed by atoms with Crippen molar-refractivity contribution in [1.82, 2.24) is 0 Å². The summed E-state index contributed by atoms with van der Waals surface area (Å²) < 4.78 is 10.8. The normalized spacial score (nSPS) is 17.0. The minimum Gasteiger partial charge on any atom is -0.399 e. The zero-order valence-electron chi connectivity index (χ0n) is 8.80. The molecule has 0 aromatic heterocycles. The summed E-state index contributed by atoms with van der Waals surface area (Å²) in [5.41, 5.74) is 0.791. The van der Waals surface area contributed by atoms with Crippen molar-refractivity contribution in [3.8, 4) is 0 Å². The quantitative estimate of drug-likeness (QED) is 0.452. The Hall–Kier alpha value is 0.137. The van der Waals surface area contributed by atoms with Gasteiger partial charge in [-0.1, -0.05) is 33.6 Å². The molecule has 12 heavy (non-hydrogen) atoms. The third-order valence-electron chi connectivity index (χ3n) is 1.94. The number of rotatable bonds is 7. The van der Waals surface area contributed by atoms with Crippen LogP contribution in [-0.2, 0) is 9.16 Å². The molecule has 0 bridgehead atoms. The van der Waals surface area contributed by atoms with Gasteiger partial charge in [0.2, 0.25) is 0 Å². The minimum absolute atomic E-state index is 0.0518. The molecule has 0 aromatic rings. The first-order chi connectivity index (χ1) is 5.74. The molecule has 0 rings (SSSR count). The molecule has 0 saturated carbocycles. The van der Waals surface area contributed by atoms with E-state index in [9.17, 15) is 0 Å². The molecule has 3 heteroatoms. The second-order valence-electron chi connectivity index (χ2n) is 3.30. The van der Waals surface area contributed by atoms with Crippen molar-refractivity contribution in [1.29, 1.82) is 0 Å². The van der Waals surface area contributed by atoms with Crippen LogP contribution in [0.15, 0.2) is 0 Å². The second-order valence-corrected chi connectivity index (χ2v) is 5.36. The lowest BCUT2D eigenvalue weighted by atomic mass is 10.3. The molecule has 2 atom stereocenters. The summed E-state index contributed by atoms with van der Waals surface area (Å²) in [4.78, 5) is 0. The van der Waals surface area contributed by atoms with E-state index in [4.69, 9.17) is 9.16 Å². The van der Waals surface area contributed by atoms with Crippen molar-refractivity contribution in [2.24, 2.45) is 0 Å². The Morgan fingerprint density at radius 2 is 2.00 bits per heavy atom. The number of hydrogen-bond donors (Lipinski definition) is 0. The van der Waals surface area contributed by atoms with Gasteiger partial charge in [-0.25, -0.2) is 0 Å². The van der Waals surface area contributed by atoms with E-state index in [1.165, 1.54) is 12.8 Å². The zero-order valence-corrected chi connectivity index (χ0v) is 10.2. The van der Waals surface area contributed by atoms with Crippen molar-refractivity contribution in [3.05, 3.63) is 0 Å². The summed E-state index contributed by atoms with van der Waals surface area (Å²) in [6.07, 6.45) is 3.58. The highest BCUT2D eigenvalue weighted by Crippen LogP contribution is 2.11. The van der Waals surface area contributed by atoms with Gasteiger partial charge in [-0.05, 0) is 12.0 Å². The van der Waals surface area contributed by atoms with E-state index in [1.807, 2.05) is 0 Å². The first-order valence-electron chi connectivity index (χ1n) is 4.88. The number of methoxy groups -OCH3 is 1. The van der Waals surface area contributed by atoms with Gasteiger partial charge in [0.1, 0.15) is 6.29 Å². The van der Waals surface area contributed by atoms with Crippen molar-refractivity contribution in [3.63, 3.8) is 0 Å². The van der Waals surface area contributed by atoms with Gasteiger partial charge < -0.3 is 9.16 Å². The molecule has 74 valence electrons. The molecule has 0 spiro atoms. The molecule has 0 saturated heterocycles. The minimum atomic E-state index is -0.370. The first-order valence-corrected chi connectivity index (χ1v) is 6.28. The largest absolute Gasteiger partial charge is 0.399 e. The van der Waals surface area contributed by atoms with Crippen LogP contribution in [0.2, 0.25) is 5.54 Å². The highest BCUT2D eigenvalue weighted by Gasteiger charge is 2.07. The smallest absolute Gasteiger partial charge is 0.167 e. The molecule has 2 nitrogen and oxygen atoms in total. The van der Waals surface area contributed by atoms with Crippen LogP contribution >= 0.6 is 0 Å².